The Kier molecular flexibility index (Phi) is 8.63. The van der Waals surface area contributed by atoms with E-state index < -0.39 is 0 Å². The van der Waals surface area contributed by atoms with E-state index >= 15 is 0 Å². The van der Waals surface area contributed by atoms with Gasteiger partial charge in [0.05, 0.1) is 23.9 Å². The van der Waals surface area contributed by atoms with E-state index in [0.29, 0.717) is 36.6 Å². The highest BCUT2D eigenvalue weighted by Crippen LogP contribution is 2.36. The smallest absolute Gasteiger partial charge is 0.319 e. The fourth-order valence-corrected chi connectivity index (χ4v) is 4.70. The summed E-state index contributed by atoms with van der Waals surface area (Å²) in [5.74, 6) is 1.52. The summed E-state index contributed by atoms with van der Waals surface area (Å²) in [6.45, 7) is 9.33. The number of nitrogens with one attached hydrogen (secondary N) is 2. The van der Waals surface area contributed by atoms with Gasteiger partial charge in [0.1, 0.15) is 6.10 Å². The number of ether oxygens (including phenoxy) is 3. The van der Waals surface area contributed by atoms with E-state index in [1.807, 2.05) is 52.9 Å². The van der Waals surface area contributed by atoms with E-state index in [-0.39, 0.29) is 49.4 Å². The number of aliphatic hydroxyl groups is 1. The molecule has 3 atom stereocenters. The molecule has 3 N–H and O–H groups in total. The van der Waals surface area contributed by atoms with Crippen LogP contribution in [0.3, 0.4) is 0 Å². The fraction of sp³-hybridized carbons (Fsp3) is 0.500. The zero-order valence-electron chi connectivity index (χ0n) is 22.7. The third-order valence-corrected chi connectivity index (χ3v) is 6.74. The van der Waals surface area contributed by atoms with Crippen molar-refractivity contribution in [2.75, 3.05) is 38.9 Å². The van der Waals surface area contributed by atoms with Crippen LogP contribution in [-0.2, 0) is 6.54 Å². The number of benzene rings is 2. The van der Waals surface area contributed by atoms with Crippen molar-refractivity contribution in [3.05, 3.63) is 47.5 Å². The molecule has 38 heavy (non-hydrogen) atoms. The molecule has 0 spiro atoms. The number of anilines is 1. The average Bonchev–Trinajstić information content (AvgIpc) is 3.33. The molecule has 10 nitrogen and oxygen atoms in total. The molecule has 10 heteroatoms. The van der Waals surface area contributed by atoms with Crippen LogP contribution in [0.15, 0.2) is 36.4 Å². The van der Waals surface area contributed by atoms with Crippen LogP contribution in [0, 0.1) is 5.92 Å². The SMILES string of the molecule is CC(C)NC(=O)Nc1cccc2c1O[C@@H](CN(C)Cc1ccc3c(c1)OCO3)[C@H](C)CN([C@@H](C)CO)C2=O. The second kappa shape index (κ2) is 11.9. The number of carbonyl (C=O) groups excluding carboxylic acids is 2. The number of aliphatic hydroxyl groups excluding tert-OH is 1. The lowest BCUT2D eigenvalue weighted by molar-refractivity contribution is 0.0343. The second-order valence-corrected chi connectivity index (χ2v) is 10.4. The largest absolute Gasteiger partial charge is 0.486 e. The quantitative estimate of drug-likeness (QED) is 0.484. The van der Waals surface area contributed by atoms with Crippen LogP contribution in [0.5, 0.6) is 17.2 Å². The summed E-state index contributed by atoms with van der Waals surface area (Å²) in [5, 5.41) is 15.5. The van der Waals surface area contributed by atoms with Crippen molar-refractivity contribution in [2.24, 2.45) is 5.92 Å². The predicted molar refractivity (Wildman–Crippen MR) is 144 cm³/mol. The Morgan fingerprint density at radius 1 is 1.18 bits per heavy atom. The summed E-state index contributed by atoms with van der Waals surface area (Å²) in [6, 6.07) is 10.3. The van der Waals surface area contributed by atoms with Gasteiger partial charge in [-0.2, -0.15) is 0 Å². The summed E-state index contributed by atoms with van der Waals surface area (Å²) in [6.07, 6.45) is -0.301. The number of fused-ring (bicyclic) bond motifs is 2. The molecule has 0 saturated heterocycles. The zero-order valence-corrected chi connectivity index (χ0v) is 22.7. The van der Waals surface area contributed by atoms with Crippen molar-refractivity contribution >= 4 is 17.6 Å². The van der Waals surface area contributed by atoms with Gasteiger partial charge in [-0.3, -0.25) is 9.69 Å². The topological polar surface area (TPSA) is 113 Å². The van der Waals surface area contributed by atoms with Gasteiger partial charge in [0, 0.05) is 31.6 Å². The molecule has 206 valence electrons. The van der Waals surface area contributed by atoms with Crippen molar-refractivity contribution in [3.63, 3.8) is 0 Å². The van der Waals surface area contributed by atoms with Gasteiger partial charge in [0.15, 0.2) is 17.2 Å². The van der Waals surface area contributed by atoms with Crippen LogP contribution >= 0.6 is 0 Å². The number of hydrogen-bond donors (Lipinski definition) is 3. The predicted octanol–water partition coefficient (Wildman–Crippen LogP) is 3.30. The Morgan fingerprint density at radius 2 is 1.95 bits per heavy atom. The summed E-state index contributed by atoms with van der Waals surface area (Å²) < 4.78 is 17.5. The number of urea groups is 1. The van der Waals surface area contributed by atoms with Crippen LogP contribution in [0.4, 0.5) is 10.5 Å². The number of likely N-dealkylation sites (N-methyl/N-ethyl adjacent to an activating group) is 1. The molecule has 2 aliphatic heterocycles. The highest BCUT2D eigenvalue weighted by Gasteiger charge is 2.34. The van der Waals surface area contributed by atoms with Gasteiger partial charge in [-0.25, -0.2) is 4.79 Å². The minimum atomic E-state index is -0.378. The summed E-state index contributed by atoms with van der Waals surface area (Å²) in [5.41, 5.74) is 1.85. The van der Waals surface area contributed by atoms with Gasteiger partial charge in [-0.1, -0.05) is 19.1 Å². The van der Waals surface area contributed by atoms with E-state index in [4.69, 9.17) is 14.2 Å². The Hall–Kier alpha value is -3.50. The number of carbonyl (C=O) groups is 2. The number of rotatable bonds is 8. The third-order valence-electron chi connectivity index (χ3n) is 6.74. The van der Waals surface area contributed by atoms with E-state index in [0.717, 1.165) is 17.1 Å². The van der Waals surface area contributed by atoms with E-state index in [1.165, 1.54) is 0 Å². The van der Waals surface area contributed by atoms with Crippen LogP contribution < -0.4 is 24.8 Å². The van der Waals surface area contributed by atoms with Crippen molar-refractivity contribution in [1.29, 1.82) is 0 Å². The molecule has 0 unspecified atom stereocenters. The van der Waals surface area contributed by atoms with Gasteiger partial charge >= 0.3 is 6.03 Å². The Labute approximate surface area is 223 Å². The van der Waals surface area contributed by atoms with Crippen molar-refractivity contribution in [2.45, 2.75) is 52.4 Å². The molecule has 0 aromatic heterocycles. The molecule has 2 aromatic rings. The van der Waals surface area contributed by atoms with E-state index in [9.17, 15) is 14.7 Å². The van der Waals surface area contributed by atoms with Gasteiger partial charge < -0.3 is 34.9 Å². The van der Waals surface area contributed by atoms with Crippen molar-refractivity contribution in [1.82, 2.24) is 15.1 Å². The molecule has 3 amide bonds. The number of nitrogens with zero attached hydrogens (tertiary/aromatic N) is 2. The zero-order chi connectivity index (χ0) is 27.4. The van der Waals surface area contributed by atoms with Crippen molar-refractivity contribution < 1.29 is 28.9 Å². The van der Waals surface area contributed by atoms with Crippen molar-refractivity contribution in [3.8, 4) is 17.2 Å². The van der Waals surface area contributed by atoms with Crippen LogP contribution in [-0.4, -0.2) is 78.6 Å². The molecule has 0 radical (unpaired) electrons. The lowest BCUT2D eigenvalue weighted by Gasteiger charge is -2.38. The third kappa shape index (κ3) is 6.31. The molecule has 0 bridgehead atoms. The van der Waals surface area contributed by atoms with E-state index in [2.05, 4.69) is 15.5 Å². The minimum absolute atomic E-state index is 0.0541. The molecule has 2 aliphatic rings. The van der Waals surface area contributed by atoms with E-state index in [1.54, 1.807) is 23.1 Å². The first-order valence-electron chi connectivity index (χ1n) is 13.0. The lowest BCUT2D eigenvalue weighted by atomic mass is 9.99. The molecule has 0 fully saturated rings. The first-order chi connectivity index (χ1) is 18.2. The first kappa shape index (κ1) is 27.5. The number of para-hydroxylation sites is 1. The normalized spacial score (nSPS) is 19.5. The van der Waals surface area contributed by atoms with Gasteiger partial charge in [0.25, 0.3) is 5.91 Å². The highest BCUT2D eigenvalue weighted by molar-refractivity contribution is 6.01. The van der Waals surface area contributed by atoms with Gasteiger partial charge in [-0.05, 0) is 57.6 Å². The molecule has 2 aromatic carbocycles. The summed E-state index contributed by atoms with van der Waals surface area (Å²) in [4.78, 5) is 30.0. The molecule has 4 rings (SSSR count). The maximum atomic E-state index is 13.6. The molecular weight excluding hydrogens is 488 g/mol. The van der Waals surface area contributed by atoms with Gasteiger partial charge in [-0.15, -0.1) is 0 Å². The van der Waals surface area contributed by atoms with Crippen LogP contribution in [0.2, 0.25) is 0 Å². The standard InChI is InChI=1S/C28H38N4O6/c1-17(2)29-28(35)30-22-8-6-7-21-26(22)38-25(18(3)12-32(27(21)34)19(4)15-33)14-31(5)13-20-9-10-23-24(11-20)37-16-36-23/h6-11,17-19,25,33H,12-16H2,1-5H3,(H2,29,30,35)/t18-,19+,25+/m1/s1. The molecule has 0 aliphatic carbocycles. The minimum Gasteiger partial charge on any atom is -0.486 e. The van der Waals surface area contributed by atoms with Crippen LogP contribution in [0.1, 0.15) is 43.6 Å². The number of hydrogen-bond acceptors (Lipinski definition) is 7. The van der Waals surface area contributed by atoms with Crippen LogP contribution in [0.25, 0.3) is 0 Å². The highest BCUT2D eigenvalue weighted by atomic mass is 16.7. The maximum Gasteiger partial charge on any atom is 0.319 e. The summed E-state index contributed by atoms with van der Waals surface area (Å²) in [7, 11) is 2.01. The second-order valence-electron chi connectivity index (χ2n) is 10.4. The number of amides is 3. The maximum absolute atomic E-state index is 13.6. The Balaban J connectivity index is 1.61. The Morgan fingerprint density at radius 3 is 2.68 bits per heavy atom. The monoisotopic (exact) mass is 526 g/mol. The fourth-order valence-electron chi connectivity index (χ4n) is 4.70. The lowest BCUT2D eigenvalue weighted by Crippen LogP contribution is -2.49. The molecule has 0 saturated carbocycles. The average molecular weight is 527 g/mol. The molecule has 2 heterocycles. The summed E-state index contributed by atoms with van der Waals surface area (Å²) >= 11 is 0. The van der Waals surface area contributed by atoms with Gasteiger partial charge in [0.2, 0.25) is 6.79 Å². The Bertz CT molecular complexity index is 1160. The molecular formula is C28H38N4O6. The first-order valence-corrected chi connectivity index (χ1v) is 13.0.